The number of sulfonamides is 1. The lowest BCUT2D eigenvalue weighted by atomic mass is 10.0. The van der Waals surface area contributed by atoms with Crippen molar-refractivity contribution in [3.63, 3.8) is 0 Å². The van der Waals surface area contributed by atoms with Gasteiger partial charge in [0.2, 0.25) is 0 Å². The van der Waals surface area contributed by atoms with Crippen LogP contribution in [0.4, 0.5) is 5.69 Å². The highest BCUT2D eigenvalue weighted by atomic mass is 32.2. The maximum absolute atomic E-state index is 12.0. The van der Waals surface area contributed by atoms with Crippen LogP contribution in [0.1, 0.15) is 25.3 Å². The van der Waals surface area contributed by atoms with Gasteiger partial charge in [0, 0.05) is 6.07 Å². The number of benzene rings is 1. The highest BCUT2D eigenvalue weighted by molar-refractivity contribution is 7.94. The van der Waals surface area contributed by atoms with Gasteiger partial charge >= 0.3 is 0 Å². The molecule has 2 aromatic rings. The van der Waals surface area contributed by atoms with Gasteiger partial charge in [-0.15, -0.1) is 11.3 Å². The Morgan fingerprint density at radius 1 is 1.33 bits per heavy atom. The predicted octanol–water partition coefficient (Wildman–Crippen LogP) is 3.47. The Labute approximate surface area is 112 Å². The van der Waals surface area contributed by atoms with Gasteiger partial charge < -0.3 is 0 Å². The van der Waals surface area contributed by atoms with Crippen molar-refractivity contribution in [1.82, 2.24) is 0 Å². The third kappa shape index (κ3) is 2.91. The van der Waals surface area contributed by atoms with Crippen LogP contribution in [0.3, 0.4) is 0 Å². The van der Waals surface area contributed by atoms with E-state index < -0.39 is 10.0 Å². The van der Waals surface area contributed by atoms with Crippen molar-refractivity contribution in [1.29, 1.82) is 0 Å². The Bertz CT molecular complexity index is 616. The van der Waals surface area contributed by atoms with Gasteiger partial charge in [-0.1, -0.05) is 32.0 Å². The van der Waals surface area contributed by atoms with E-state index in [0.29, 0.717) is 15.8 Å². The molecule has 0 unspecified atom stereocenters. The van der Waals surface area contributed by atoms with E-state index in [1.54, 1.807) is 23.6 Å². The molecule has 1 aromatic heterocycles. The van der Waals surface area contributed by atoms with E-state index in [9.17, 15) is 8.42 Å². The van der Waals surface area contributed by atoms with Gasteiger partial charge in [0.15, 0.2) is 0 Å². The lowest BCUT2D eigenvalue weighted by molar-refractivity contribution is 0.603. The first-order valence-corrected chi connectivity index (χ1v) is 7.93. The lowest BCUT2D eigenvalue weighted by Crippen LogP contribution is -2.11. The first-order valence-electron chi connectivity index (χ1n) is 5.57. The van der Waals surface area contributed by atoms with Crippen LogP contribution in [0.15, 0.2) is 39.9 Å². The van der Waals surface area contributed by atoms with Crippen LogP contribution in [-0.4, -0.2) is 8.42 Å². The zero-order valence-corrected chi connectivity index (χ0v) is 11.8. The maximum atomic E-state index is 12.0. The van der Waals surface area contributed by atoms with E-state index in [-0.39, 0.29) is 0 Å². The second-order valence-electron chi connectivity index (χ2n) is 4.23. The van der Waals surface area contributed by atoms with Gasteiger partial charge in [0.1, 0.15) is 4.21 Å². The van der Waals surface area contributed by atoms with E-state index in [1.165, 1.54) is 11.3 Å². The monoisotopic (exact) mass is 280 g/mol. The molecule has 2 rings (SSSR count). The van der Waals surface area contributed by atoms with Crippen molar-refractivity contribution in [3.05, 3.63) is 47.3 Å². The summed E-state index contributed by atoms with van der Waals surface area (Å²) in [6.45, 7) is 4.12. The predicted molar refractivity (Wildman–Crippen MR) is 74.5 cm³/mol. The van der Waals surface area contributed by atoms with Crippen molar-refractivity contribution in [2.75, 3.05) is 4.72 Å². The molecule has 0 amide bonds. The third-order valence-electron chi connectivity index (χ3n) is 2.50. The summed E-state index contributed by atoms with van der Waals surface area (Å²) in [7, 11) is -3.48. The third-order valence-corrected chi connectivity index (χ3v) is 5.26. The van der Waals surface area contributed by atoms with Crippen LogP contribution in [0.2, 0.25) is 0 Å². The van der Waals surface area contributed by atoms with Crippen molar-refractivity contribution in [2.24, 2.45) is 0 Å². The van der Waals surface area contributed by atoms with Gasteiger partial charge in [-0.05, 0) is 29.0 Å². The molecule has 1 N–H and O–H groups in total. The van der Waals surface area contributed by atoms with Crippen LogP contribution in [0.25, 0.3) is 0 Å². The molecule has 3 nitrogen and oxygen atoms in total. The average molecular weight is 280 g/mol. The molecule has 1 heterocycles. The van der Waals surface area contributed by atoms with Gasteiger partial charge in [0.25, 0.3) is 10.0 Å². The molecule has 1 aromatic carbocycles. The maximum Gasteiger partial charge on any atom is 0.271 e. The zero-order valence-electron chi connectivity index (χ0n) is 10.2. The van der Waals surface area contributed by atoms with Crippen LogP contribution in [-0.2, 0) is 10.0 Å². The fraction of sp³-hybridized carbons (Fsp3) is 0.231. The molecule has 0 saturated carbocycles. The second kappa shape index (κ2) is 5.12. The van der Waals surface area contributed by atoms with E-state index in [1.807, 2.05) is 12.1 Å². The normalized spacial score (nSPS) is 11.7. The van der Waals surface area contributed by atoms with Crippen molar-refractivity contribution < 1.29 is 8.42 Å². The minimum absolute atomic E-state index is 0.311. The minimum atomic E-state index is -3.48. The molecule has 1 radical (unpaired) electrons. The fourth-order valence-electron chi connectivity index (χ4n) is 1.51. The zero-order chi connectivity index (χ0) is 13.2. The van der Waals surface area contributed by atoms with Crippen LogP contribution < -0.4 is 4.72 Å². The minimum Gasteiger partial charge on any atom is -0.278 e. The number of anilines is 1. The number of hydrogen-bond donors (Lipinski definition) is 1. The molecule has 95 valence electrons. The molecule has 0 aliphatic carbocycles. The van der Waals surface area contributed by atoms with E-state index >= 15 is 0 Å². The summed E-state index contributed by atoms with van der Waals surface area (Å²) in [5.41, 5.74) is 1.56. The summed E-state index contributed by atoms with van der Waals surface area (Å²) in [4.78, 5) is 0. The summed E-state index contributed by atoms with van der Waals surface area (Å²) in [5, 5.41) is 1.74. The van der Waals surface area contributed by atoms with Gasteiger partial charge in [-0.3, -0.25) is 4.72 Å². The summed E-state index contributed by atoms with van der Waals surface area (Å²) < 4.78 is 26.9. The highest BCUT2D eigenvalue weighted by Crippen LogP contribution is 2.22. The Morgan fingerprint density at radius 2 is 2.11 bits per heavy atom. The van der Waals surface area contributed by atoms with E-state index in [4.69, 9.17) is 0 Å². The van der Waals surface area contributed by atoms with Crippen molar-refractivity contribution in [3.8, 4) is 0 Å². The summed E-state index contributed by atoms with van der Waals surface area (Å²) in [6, 6.07) is 11.7. The topological polar surface area (TPSA) is 46.2 Å². The van der Waals surface area contributed by atoms with Gasteiger partial charge in [0.05, 0.1) is 5.69 Å². The molecule has 0 spiro atoms. The Kier molecular flexibility index (Phi) is 3.73. The molecule has 0 aliphatic rings. The SMILES string of the molecule is CC(C)c1cc[c]c(NS(=O)(=O)c2cccs2)c1. The molecule has 0 aliphatic heterocycles. The molecule has 0 saturated heterocycles. The molecule has 18 heavy (non-hydrogen) atoms. The number of hydrogen-bond acceptors (Lipinski definition) is 3. The Balaban J connectivity index is 2.27. The molecular weight excluding hydrogens is 266 g/mol. The van der Waals surface area contributed by atoms with Crippen LogP contribution in [0, 0.1) is 6.07 Å². The largest absolute Gasteiger partial charge is 0.278 e. The fourth-order valence-corrected chi connectivity index (χ4v) is 3.53. The van der Waals surface area contributed by atoms with Crippen molar-refractivity contribution >= 4 is 27.0 Å². The van der Waals surface area contributed by atoms with E-state index in [2.05, 4.69) is 24.6 Å². The van der Waals surface area contributed by atoms with Gasteiger partial charge in [-0.25, -0.2) is 8.42 Å². The molecule has 0 atom stereocenters. The number of thiophene rings is 1. The first kappa shape index (κ1) is 13.1. The summed E-state index contributed by atoms with van der Waals surface area (Å²) in [6.07, 6.45) is 0. The van der Waals surface area contributed by atoms with Crippen LogP contribution >= 0.6 is 11.3 Å². The standard InChI is InChI=1S/C13H14NO2S2/c1-10(2)11-5-3-6-12(9-11)14-18(15,16)13-7-4-8-17-13/h3-5,7-10,14H,1-2H3. The second-order valence-corrected chi connectivity index (χ2v) is 7.08. The summed E-state index contributed by atoms with van der Waals surface area (Å²) in [5.74, 6) is 0.351. The molecular formula is C13H14NO2S2. The van der Waals surface area contributed by atoms with Crippen LogP contribution in [0.5, 0.6) is 0 Å². The van der Waals surface area contributed by atoms with Crippen molar-refractivity contribution in [2.45, 2.75) is 24.0 Å². The highest BCUT2D eigenvalue weighted by Gasteiger charge is 2.15. The van der Waals surface area contributed by atoms with Gasteiger partial charge in [-0.2, -0.15) is 0 Å². The smallest absolute Gasteiger partial charge is 0.271 e. The number of rotatable bonds is 4. The quantitative estimate of drug-likeness (QED) is 0.932. The number of nitrogens with one attached hydrogen (secondary N) is 1. The first-order chi connectivity index (χ1) is 8.49. The van der Waals surface area contributed by atoms with E-state index in [0.717, 1.165) is 5.56 Å². The molecule has 0 bridgehead atoms. The Morgan fingerprint density at radius 3 is 2.72 bits per heavy atom. The average Bonchev–Trinajstić information content (AvgIpc) is 2.82. The lowest BCUT2D eigenvalue weighted by Gasteiger charge is -2.09. The molecule has 0 fully saturated rings. The molecule has 5 heteroatoms. The summed E-state index contributed by atoms with van der Waals surface area (Å²) >= 11 is 1.20. The Hall–Kier alpha value is -1.33.